The average Bonchev–Trinajstić information content (AvgIpc) is 2.96. The molecule has 0 spiro atoms. The van der Waals surface area contributed by atoms with Crippen LogP contribution < -0.4 is 9.64 Å². The van der Waals surface area contributed by atoms with Crippen LogP contribution in [0.2, 0.25) is 10.0 Å². The number of nitrogens with zero attached hydrogens (tertiary/aromatic N) is 3. The summed E-state index contributed by atoms with van der Waals surface area (Å²) in [4.78, 5) is 4.69. The van der Waals surface area contributed by atoms with Crippen molar-refractivity contribution in [1.82, 2.24) is 4.90 Å². The van der Waals surface area contributed by atoms with Crippen molar-refractivity contribution in [3.63, 3.8) is 0 Å². The van der Waals surface area contributed by atoms with Crippen molar-refractivity contribution in [3.05, 3.63) is 94.0 Å². The number of hydrogen-bond acceptors (Lipinski definition) is 6. The summed E-state index contributed by atoms with van der Waals surface area (Å²) in [6.45, 7) is 8.88. The van der Waals surface area contributed by atoms with E-state index in [1.54, 1.807) is 6.07 Å². The standard InChI is InChI=1S/C20H22ClN3O2.C6H5Cl.C2H6.CH4O/c21-19-13-18(26-12-11-25)5-6-20(19)24-9-7-23(8-10-24)15-17-3-1-16(14-22)2-4-17;7-6-4-2-1-3-5-6;2*1-2/h1-6,13,25H,7-12,15H2;1-5H;1-2H3;2H,1H3. The van der Waals surface area contributed by atoms with Crippen LogP contribution in [0.4, 0.5) is 5.69 Å². The highest BCUT2D eigenvalue weighted by atomic mass is 35.5. The van der Waals surface area contributed by atoms with Gasteiger partial charge in [0.25, 0.3) is 0 Å². The number of halogens is 2. The molecule has 1 heterocycles. The van der Waals surface area contributed by atoms with Gasteiger partial charge in [-0.1, -0.05) is 67.4 Å². The number of piperazine rings is 1. The molecule has 0 radical (unpaired) electrons. The topological polar surface area (TPSA) is 80.0 Å². The predicted molar refractivity (Wildman–Crippen MR) is 154 cm³/mol. The molecule has 0 aliphatic carbocycles. The first-order valence-electron chi connectivity index (χ1n) is 12.2. The van der Waals surface area contributed by atoms with Crippen molar-refractivity contribution in [2.24, 2.45) is 0 Å². The quantitative estimate of drug-likeness (QED) is 0.402. The Kier molecular flexibility index (Phi) is 16.9. The maximum Gasteiger partial charge on any atom is 0.121 e. The second-order valence-corrected chi connectivity index (χ2v) is 8.40. The maximum absolute atomic E-state index is 8.87. The van der Waals surface area contributed by atoms with Crippen molar-refractivity contribution in [1.29, 1.82) is 5.26 Å². The minimum atomic E-state index is -0.0133. The van der Waals surface area contributed by atoms with Gasteiger partial charge in [-0.2, -0.15) is 5.26 Å². The fourth-order valence-corrected chi connectivity index (χ4v) is 3.94. The number of rotatable bonds is 6. The molecule has 0 aromatic heterocycles. The lowest BCUT2D eigenvalue weighted by atomic mass is 10.1. The predicted octanol–water partition coefficient (Wildman–Crippen LogP) is 5.88. The van der Waals surface area contributed by atoms with Gasteiger partial charge in [0, 0.05) is 50.9 Å². The fourth-order valence-electron chi connectivity index (χ4n) is 3.50. The Labute approximate surface area is 231 Å². The van der Waals surface area contributed by atoms with Gasteiger partial charge >= 0.3 is 0 Å². The van der Waals surface area contributed by atoms with Gasteiger partial charge in [0.2, 0.25) is 0 Å². The van der Waals surface area contributed by atoms with Gasteiger partial charge in [0.05, 0.1) is 28.9 Å². The molecule has 1 saturated heterocycles. The van der Waals surface area contributed by atoms with Gasteiger partial charge in [-0.15, -0.1) is 0 Å². The first-order chi connectivity index (χ1) is 18.1. The van der Waals surface area contributed by atoms with Crippen LogP contribution in [0.5, 0.6) is 5.75 Å². The smallest absolute Gasteiger partial charge is 0.121 e. The zero-order chi connectivity index (χ0) is 27.5. The van der Waals surface area contributed by atoms with Gasteiger partial charge in [-0.3, -0.25) is 4.90 Å². The Bertz CT molecular complexity index is 1040. The second-order valence-electron chi connectivity index (χ2n) is 7.55. The Balaban J connectivity index is 0.000000525. The second kappa shape index (κ2) is 19.3. The van der Waals surface area contributed by atoms with E-state index in [9.17, 15) is 0 Å². The molecule has 0 unspecified atom stereocenters. The Morgan fingerprint density at radius 1 is 0.892 bits per heavy atom. The highest BCUT2D eigenvalue weighted by Crippen LogP contribution is 2.30. The molecule has 6 nitrogen and oxygen atoms in total. The highest BCUT2D eigenvalue weighted by Gasteiger charge is 2.19. The summed E-state index contributed by atoms with van der Waals surface area (Å²) in [5.74, 6) is 0.673. The number of hydrogen-bond donors (Lipinski definition) is 2. The molecule has 0 bridgehead atoms. The van der Waals surface area contributed by atoms with Gasteiger partial charge in [0.1, 0.15) is 12.4 Å². The molecule has 37 heavy (non-hydrogen) atoms. The van der Waals surface area contributed by atoms with E-state index >= 15 is 0 Å². The lowest BCUT2D eigenvalue weighted by Crippen LogP contribution is -2.46. The summed E-state index contributed by atoms with van der Waals surface area (Å²) in [6, 6.07) is 25.0. The zero-order valence-electron chi connectivity index (χ0n) is 21.8. The molecular formula is C29H37Cl2N3O3. The summed E-state index contributed by atoms with van der Waals surface area (Å²) in [6.07, 6.45) is 0. The van der Waals surface area contributed by atoms with E-state index in [1.807, 2.05) is 80.6 Å². The molecule has 8 heteroatoms. The van der Waals surface area contributed by atoms with Crippen molar-refractivity contribution in [2.45, 2.75) is 20.4 Å². The zero-order valence-corrected chi connectivity index (χ0v) is 23.3. The SMILES string of the molecule is CC.CO.Clc1ccccc1.N#Cc1ccc(CN2CCN(c3ccc(OCCO)cc3Cl)CC2)cc1. The molecule has 0 saturated carbocycles. The molecule has 3 aromatic carbocycles. The van der Waals surface area contributed by atoms with Crippen molar-refractivity contribution in [2.75, 3.05) is 51.4 Å². The molecule has 0 atom stereocenters. The number of aliphatic hydroxyl groups excluding tert-OH is 2. The minimum absolute atomic E-state index is 0.0133. The van der Waals surface area contributed by atoms with E-state index in [2.05, 4.69) is 15.9 Å². The fraction of sp³-hybridized carbons (Fsp3) is 0.345. The molecular weight excluding hydrogens is 509 g/mol. The third-order valence-electron chi connectivity index (χ3n) is 5.21. The van der Waals surface area contributed by atoms with Gasteiger partial charge in [-0.05, 0) is 42.0 Å². The minimum Gasteiger partial charge on any atom is -0.491 e. The van der Waals surface area contributed by atoms with Crippen LogP contribution >= 0.6 is 23.2 Å². The van der Waals surface area contributed by atoms with Gasteiger partial charge in [-0.25, -0.2) is 0 Å². The molecule has 1 fully saturated rings. The number of anilines is 1. The number of nitriles is 1. The number of benzene rings is 3. The molecule has 200 valence electrons. The Hall–Kier alpha value is -2.79. The summed E-state index contributed by atoms with van der Waals surface area (Å²) in [7, 11) is 1.00. The molecule has 0 amide bonds. The first-order valence-corrected chi connectivity index (χ1v) is 13.0. The van der Waals surface area contributed by atoms with Crippen LogP contribution in [-0.2, 0) is 6.54 Å². The van der Waals surface area contributed by atoms with E-state index in [0.717, 1.165) is 50.5 Å². The Morgan fingerprint density at radius 2 is 1.51 bits per heavy atom. The lowest BCUT2D eigenvalue weighted by Gasteiger charge is -2.36. The van der Waals surface area contributed by atoms with Crippen molar-refractivity contribution < 1.29 is 14.9 Å². The van der Waals surface area contributed by atoms with Gasteiger partial charge < -0.3 is 19.8 Å². The van der Waals surface area contributed by atoms with Crippen molar-refractivity contribution in [3.8, 4) is 11.8 Å². The van der Waals surface area contributed by atoms with Crippen LogP contribution in [0.25, 0.3) is 0 Å². The van der Waals surface area contributed by atoms with Crippen LogP contribution in [0.15, 0.2) is 72.8 Å². The summed E-state index contributed by atoms with van der Waals surface area (Å²) in [5.41, 5.74) is 2.93. The average molecular weight is 547 g/mol. The summed E-state index contributed by atoms with van der Waals surface area (Å²) >= 11 is 12.0. The summed E-state index contributed by atoms with van der Waals surface area (Å²) < 4.78 is 5.40. The largest absolute Gasteiger partial charge is 0.491 e. The maximum atomic E-state index is 8.87. The Morgan fingerprint density at radius 3 is 2.00 bits per heavy atom. The van der Waals surface area contributed by atoms with Crippen LogP contribution in [0.3, 0.4) is 0 Å². The molecule has 4 rings (SSSR count). The van der Waals surface area contributed by atoms with Crippen LogP contribution in [-0.4, -0.2) is 61.6 Å². The van der Waals surface area contributed by atoms with Crippen LogP contribution in [0, 0.1) is 11.3 Å². The third-order valence-corrected chi connectivity index (χ3v) is 5.77. The molecule has 2 N–H and O–H groups in total. The number of ether oxygens (including phenoxy) is 1. The molecule has 1 aliphatic heterocycles. The first kappa shape index (κ1) is 32.2. The molecule has 3 aromatic rings. The lowest BCUT2D eigenvalue weighted by molar-refractivity contribution is 0.201. The van der Waals surface area contributed by atoms with Crippen LogP contribution in [0.1, 0.15) is 25.0 Å². The van der Waals surface area contributed by atoms with E-state index < -0.39 is 0 Å². The monoisotopic (exact) mass is 545 g/mol. The van der Waals surface area contributed by atoms with Gasteiger partial charge in [0.15, 0.2) is 0 Å². The van der Waals surface area contributed by atoms with E-state index in [-0.39, 0.29) is 13.2 Å². The third kappa shape index (κ3) is 11.9. The highest BCUT2D eigenvalue weighted by molar-refractivity contribution is 6.33. The van der Waals surface area contributed by atoms with E-state index in [4.69, 9.17) is 43.4 Å². The van der Waals surface area contributed by atoms with E-state index in [0.29, 0.717) is 16.3 Å². The number of aliphatic hydroxyl groups is 2. The van der Waals surface area contributed by atoms with Crippen molar-refractivity contribution >= 4 is 28.9 Å². The normalized spacial score (nSPS) is 12.4. The molecule has 1 aliphatic rings. The summed E-state index contributed by atoms with van der Waals surface area (Å²) in [5, 5.41) is 26.2. The van der Waals surface area contributed by atoms with E-state index in [1.165, 1.54) is 5.56 Å².